The lowest BCUT2D eigenvalue weighted by Crippen LogP contribution is -2.24. The third kappa shape index (κ3) is 4.37. The lowest BCUT2D eigenvalue weighted by molar-refractivity contribution is 0.324. The molecule has 1 rings (SSSR count). The van der Waals surface area contributed by atoms with E-state index in [1.807, 2.05) is 33.0 Å². The van der Waals surface area contributed by atoms with Gasteiger partial charge >= 0.3 is 0 Å². The zero-order chi connectivity index (χ0) is 12.1. The number of pyridine rings is 1. The molecule has 0 amide bonds. The SMILES string of the molecule is COc1cc(C)nc(CN(C)CC(C)Cl)c1. The fourth-order valence-corrected chi connectivity index (χ4v) is 1.91. The molecule has 0 aliphatic heterocycles. The highest BCUT2D eigenvalue weighted by Gasteiger charge is 2.06. The van der Waals surface area contributed by atoms with Crippen molar-refractivity contribution < 1.29 is 4.74 Å². The minimum Gasteiger partial charge on any atom is -0.497 e. The molecule has 1 atom stereocenters. The number of ether oxygens (including phenoxy) is 1. The molecule has 1 unspecified atom stereocenters. The van der Waals surface area contributed by atoms with E-state index in [2.05, 4.69) is 9.88 Å². The molecule has 0 aromatic carbocycles. The molecule has 1 aromatic rings. The monoisotopic (exact) mass is 242 g/mol. The summed E-state index contributed by atoms with van der Waals surface area (Å²) in [4.78, 5) is 6.62. The number of hydrogen-bond acceptors (Lipinski definition) is 3. The molecule has 0 fully saturated rings. The van der Waals surface area contributed by atoms with Gasteiger partial charge in [0.2, 0.25) is 0 Å². The molecule has 0 saturated heterocycles. The highest BCUT2D eigenvalue weighted by atomic mass is 35.5. The Morgan fingerprint density at radius 2 is 2.19 bits per heavy atom. The minimum atomic E-state index is 0.150. The molecular weight excluding hydrogens is 224 g/mol. The van der Waals surface area contributed by atoms with Crippen LogP contribution in [-0.4, -0.2) is 36.0 Å². The van der Waals surface area contributed by atoms with Gasteiger partial charge in [0.05, 0.1) is 12.8 Å². The molecule has 0 radical (unpaired) electrons. The van der Waals surface area contributed by atoms with Gasteiger partial charge in [-0.25, -0.2) is 0 Å². The van der Waals surface area contributed by atoms with E-state index >= 15 is 0 Å². The Hall–Kier alpha value is -0.800. The third-order valence-corrected chi connectivity index (χ3v) is 2.35. The predicted molar refractivity (Wildman–Crippen MR) is 67.2 cm³/mol. The van der Waals surface area contributed by atoms with Crippen LogP contribution in [0.15, 0.2) is 12.1 Å². The van der Waals surface area contributed by atoms with Crippen LogP contribution >= 0.6 is 11.6 Å². The van der Waals surface area contributed by atoms with Gasteiger partial charge in [-0.3, -0.25) is 9.88 Å². The average Bonchev–Trinajstić information content (AvgIpc) is 2.14. The number of aryl methyl sites for hydroxylation is 1. The molecule has 0 spiro atoms. The van der Waals surface area contributed by atoms with Crippen molar-refractivity contribution in [2.45, 2.75) is 25.8 Å². The summed E-state index contributed by atoms with van der Waals surface area (Å²) in [5.41, 5.74) is 1.98. The molecule has 0 saturated carbocycles. The van der Waals surface area contributed by atoms with Gasteiger partial charge in [-0.15, -0.1) is 11.6 Å². The minimum absolute atomic E-state index is 0.150. The maximum Gasteiger partial charge on any atom is 0.122 e. The largest absolute Gasteiger partial charge is 0.497 e. The summed E-state index contributed by atoms with van der Waals surface area (Å²) in [6, 6.07) is 3.88. The quantitative estimate of drug-likeness (QED) is 0.742. The van der Waals surface area contributed by atoms with Crippen molar-refractivity contribution in [1.29, 1.82) is 0 Å². The highest BCUT2D eigenvalue weighted by molar-refractivity contribution is 6.20. The Balaban J connectivity index is 2.69. The normalized spacial score (nSPS) is 12.9. The number of rotatable bonds is 5. The Morgan fingerprint density at radius 3 is 2.75 bits per heavy atom. The van der Waals surface area contributed by atoms with E-state index < -0.39 is 0 Å². The van der Waals surface area contributed by atoms with E-state index in [0.29, 0.717) is 0 Å². The highest BCUT2D eigenvalue weighted by Crippen LogP contribution is 2.14. The first-order chi connectivity index (χ1) is 7.51. The standard InChI is InChI=1S/C12H19ClN2O/c1-9(13)7-15(3)8-11-6-12(16-4)5-10(2)14-11/h5-6,9H,7-8H2,1-4H3. The van der Waals surface area contributed by atoms with Gasteiger partial charge in [-0.2, -0.15) is 0 Å². The van der Waals surface area contributed by atoms with Crippen molar-refractivity contribution in [2.24, 2.45) is 0 Å². The summed E-state index contributed by atoms with van der Waals surface area (Å²) in [5.74, 6) is 0.856. The first-order valence-electron chi connectivity index (χ1n) is 5.35. The van der Waals surface area contributed by atoms with Crippen LogP contribution in [0.4, 0.5) is 0 Å². The second-order valence-electron chi connectivity index (χ2n) is 4.12. The Bertz CT molecular complexity index is 342. The molecule has 90 valence electrons. The van der Waals surface area contributed by atoms with Crippen molar-refractivity contribution in [1.82, 2.24) is 9.88 Å². The van der Waals surface area contributed by atoms with Crippen LogP contribution in [0.3, 0.4) is 0 Å². The molecule has 0 aliphatic carbocycles. The first kappa shape index (κ1) is 13.3. The van der Waals surface area contributed by atoms with E-state index in [9.17, 15) is 0 Å². The number of halogens is 1. The first-order valence-corrected chi connectivity index (χ1v) is 5.79. The van der Waals surface area contributed by atoms with Gasteiger partial charge in [0, 0.05) is 36.3 Å². The second-order valence-corrected chi connectivity index (χ2v) is 4.86. The molecule has 0 aliphatic rings. The number of aromatic nitrogens is 1. The number of hydrogen-bond donors (Lipinski definition) is 0. The fraction of sp³-hybridized carbons (Fsp3) is 0.583. The predicted octanol–water partition coefficient (Wildman–Crippen LogP) is 2.46. The van der Waals surface area contributed by atoms with Crippen LogP contribution in [0.1, 0.15) is 18.3 Å². The van der Waals surface area contributed by atoms with Crippen LogP contribution in [-0.2, 0) is 6.54 Å². The number of nitrogens with zero attached hydrogens (tertiary/aromatic N) is 2. The van der Waals surface area contributed by atoms with Crippen LogP contribution in [0.2, 0.25) is 0 Å². The number of alkyl halides is 1. The molecule has 1 heterocycles. The summed E-state index contributed by atoms with van der Waals surface area (Å²) < 4.78 is 5.21. The lowest BCUT2D eigenvalue weighted by atomic mass is 10.2. The van der Waals surface area contributed by atoms with Crippen LogP contribution < -0.4 is 4.74 Å². The molecule has 3 nitrogen and oxygen atoms in total. The molecule has 4 heteroatoms. The van der Waals surface area contributed by atoms with E-state index in [0.717, 1.165) is 30.2 Å². The summed E-state index contributed by atoms with van der Waals surface area (Å²) >= 11 is 5.94. The van der Waals surface area contributed by atoms with Gasteiger partial charge in [-0.05, 0) is 20.9 Å². The smallest absolute Gasteiger partial charge is 0.122 e. The Kier molecular flexibility index (Phi) is 5.03. The maximum atomic E-state index is 5.94. The van der Waals surface area contributed by atoms with Crippen molar-refractivity contribution >= 4 is 11.6 Å². The van der Waals surface area contributed by atoms with Gasteiger partial charge in [0.15, 0.2) is 0 Å². The van der Waals surface area contributed by atoms with E-state index in [1.54, 1.807) is 7.11 Å². The second kappa shape index (κ2) is 6.06. The zero-order valence-electron chi connectivity index (χ0n) is 10.3. The van der Waals surface area contributed by atoms with Gasteiger partial charge in [0.1, 0.15) is 5.75 Å². The van der Waals surface area contributed by atoms with Gasteiger partial charge < -0.3 is 4.74 Å². The van der Waals surface area contributed by atoms with Crippen LogP contribution in [0.25, 0.3) is 0 Å². The molecule has 0 N–H and O–H groups in total. The summed E-state index contributed by atoms with van der Waals surface area (Å²) in [6.45, 7) is 5.59. The van der Waals surface area contributed by atoms with E-state index in [1.165, 1.54) is 0 Å². The van der Waals surface area contributed by atoms with E-state index in [-0.39, 0.29) is 5.38 Å². The van der Waals surface area contributed by atoms with Crippen LogP contribution in [0, 0.1) is 6.92 Å². The van der Waals surface area contributed by atoms with E-state index in [4.69, 9.17) is 16.3 Å². The summed E-state index contributed by atoms with van der Waals surface area (Å²) in [7, 11) is 3.71. The van der Waals surface area contributed by atoms with Crippen molar-refractivity contribution in [3.8, 4) is 5.75 Å². The van der Waals surface area contributed by atoms with Crippen molar-refractivity contribution in [3.63, 3.8) is 0 Å². The third-order valence-electron chi connectivity index (χ3n) is 2.21. The topological polar surface area (TPSA) is 25.4 Å². The maximum absolute atomic E-state index is 5.94. The van der Waals surface area contributed by atoms with Gasteiger partial charge in [0.25, 0.3) is 0 Å². The van der Waals surface area contributed by atoms with Crippen molar-refractivity contribution in [3.05, 3.63) is 23.5 Å². The summed E-state index contributed by atoms with van der Waals surface area (Å²) in [6.07, 6.45) is 0. The fourth-order valence-electron chi connectivity index (χ4n) is 1.67. The summed E-state index contributed by atoms with van der Waals surface area (Å²) in [5, 5.41) is 0.150. The lowest BCUT2D eigenvalue weighted by Gasteiger charge is -2.17. The van der Waals surface area contributed by atoms with Crippen molar-refractivity contribution in [2.75, 3.05) is 20.7 Å². The number of methoxy groups -OCH3 is 1. The van der Waals surface area contributed by atoms with Gasteiger partial charge in [-0.1, -0.05) is 0 Å². The average molecular weight is 243 g/mol. The Morgan fingerprint density at radius 1 is 1.50 bits per heavy atom. The van der Waals surface area contributed by atoms with Crippen LogP contribution in [0.5, 0.6) is 5.75 Å². The molecule has 16 heavy (non-hydrogen) atoms. The molecular formula is C12H19ClN2O. The zero-order valence-corrected chi connectivity index (χ0v) is 11.1. The Labute approximate surface area is 102 Å². The molecule has 1 aromatic heterocycles. The molecule has 0 bridgehead atoms.